The second-order valence-electron chi connectivity index (χ2n) is 4.51. The van der Waals surface area contributed by atoms with E-state index in [0.717, 1.165) is 18.7 Å². The van der Waals surface area contributed by atoms with Gasteiger partial charge in [-0.05, 0) is 26.7 Å². The topological polar surface area (TPSA) is 55.2 Å². The van der Waals surface area contributed by atoms with Crippen LogP contribution < -0.4 is 0 Å². The number of halogens is 1. The zero-order chi connectivity index (χ0) is 13.3. The Morgan fingerprint density at radius 1 is 1.56 bits per heavy atom. The molecule has 102 valence electrons. The molecule has 0 radical (unpaired) electrons. The number of alkyl halides is 1. The number of sulfonamides is 1. The standard InChI is InChI=1S/C11H18ClN3O2S/c1-3-14-8-11(13-9(14)2)18(16,17)15-6-4-5-10(12)7-15/h8,10H,3-7H2,1-2H3. The van der Waals surface area contributed by atoms with Crippen LogP contribution in [-0.4, -0.2) is 40.7 Å². The van der Waals surface area contributed by atoms with Crippen LogP contribution in [-0.2, 0) is 16.6 Å². The average molecular weight is 292 g/mol. The van der Waals surface area contributed by atoms with Crippen molar-refractivity contribution in [1.29, 1.82) is 0 Å². The SMILES string of the molecule is CCn1cc(S(=O)(=O)N2CCCC(Cl)C2)nc1C. The largest absolute Gasteiger partial charge is 0.334 e. The van der Waals surface area contributed by atoms with E-state index < -0.39 is 10.0 Å². The summed E-state index contributed by atoms with van der Waals surface area (Å²) in [5.41, 5.74) is 0. The maximum atomic E-state index is 12.4. The summed E-state index contributed by atoms with van der Waals surface area (Å²) < 4.78 is 28.1. The minimum atomic E-state index is -3.49. The zero-order valence-corrected chi connectivity index (χ0v) is 12.2. The summed E-state index contributed by atoms with van der Waals surface area (Å²) in [4.78, 5) is 4.14. The molecule has 0 bridgehead atoms. The fourth-order valence-electron chi connectivity index (χ4n) is 2.17. The number of imidazole rings is 1. The van der Waals surface area contributed by atoms with Crippen molar-refractivity contribution in [2.45, 2.75) is 43.6 Å². The van der Waals surface area contributed by atoms with Crippen molar-refractivity contribution in [2.24, 2.45) is 0 Å². The van der Waals surface area contributed by atoms with Crippen LogP contribution in [0.2, 0.25) is 0 Å². The van der Waals surface area contributed by atoms with Crippen molar-refractivity contribution < 1.29 is 8.42 Å². The lowest BCUT2D eigenvalue weighted by Crippen LogP contribution is -2.40. The van der Waals surface area contributed by atoms with E-state index >= 15 is 0 Å². The lowest BCUT2D eigenvalue weighted by molar-refractivity contribution is 0.349. The number of hydrogen-bond donors (Lipinski definition) is 0. The molecule has 1 fully saturated rings. The molecule has 0 saturated carbocycles. The maximum Gasteiger partial charge on any atom is 0.262 e. The Morgan fingerprint density at radius 2 is 2.28 bits per heavy atom. The van der Waals surface area contributed by atoms with Crippen LogP contribution in [0.4, 0.5) is 0 Å². The van der Waals surface area contributed by atoms with E-state index in [1.807, 2.05) is 18.4 Å². The fourth-order valence-corrected chi connectivity index (χ4v) is 4.09. The highest BCUT2D eigenvalue weighted by atomic mass is 35.5. The highest BCUT2D eigenvalue weighted by Gasteiger charge is 2.31. The van der Waals surface area contributed by atoms with Crippen LogP contribution in [0.3, 0.4) is 0 Å². The first-order chi connectivity index (χ1) is 8.45. The van der Waals surface area contributed by atoms with Gasteiger partial charge >= 0.3 is 0 Å². The Morgan fingerprint density at radius 3 is 2.83 bits per heavy atom. The van der Waals surface area contributed by atoms with Crippen LogP contribution in [0.1, 0.15) is 25.6 Å². The minimum absolute atomic E-state index is 0.0946. The van der Waals surface area contributed by atoms with Gasteiger partial charge in [0.1, 0.15) is 5.82 Å². The first-order valence-electron chi connectivity index (χ1n) is 6.13. The molecule has 1 aliphatic heterocycles. The van der Waals surface area contributed by atoms with Crippen LogP contribution in [0, 0.1) is 6.92 Å². The van der Waals surface area contributed by atoms with Gasteiger partial charge in [-0.1, -0.05) is 0 Å². The van der Waals surface area contributed by atoms with Gasteiger partial charge in [0.2, 0.25) is 0 Å². The van der Waals surface area contributed by atoms with E-state index in [1.165, 1.54) is 4.31 Å². The third kappa shape index (κ3) is 2.55. The van der Waals surface area contributed by atoms with E-state index in [2.05, 4.69) is 4.98 Å². The molecule has 1 aliphatic rings. The number of aryl methyl sites for hydroxylation is 2. The van der Waals surface area contributed by atoms with Crippen molar-refractivity contribution >= 4 is 21.6 Å². The number of rotatable bonds is 3. The van der Waals surface area contributed by atoms with Gasteiger partial charge in [0.25, 0.3) is 10.0 Å². The summed E-state index contributed by atoms with van der Waals surface area (Å²) in [6.07, 6.45) is 3.28. The summed E-state index contributed by atoms with van der Waals surface area (Å²) in [5.74, 6) is 0.718. The van der Waals surface area contributed by atoms with Crippen LogP contribution >= 0.6 is 11.6 Å². The number of piperidine rings is 1. The van der Waals surface area contributed by atoms with Crippen molar-refractivity contribution in [2.75, 3.05) is 13.1 Å². The maximum absolute atomic E-state index is 12.4. The molecule has 1 aromatic rings. The molecule has 1 atom stereocenters. The van der Waals surface area contributed by atoms with Crippen LogP contribution in [0.5, 0.6) is 0 Å². The van der Waals surface area contributed by atoms with Crippen molar-refractivity contribution in [1.82, 2.24) is 13.9 Å². The minimum Gasteiger partial charge on any atom is -0.334 e. The van der Waals surface area contributed by atoms with Crippen molar-refractivity contribution in [3.05, 3.63) is 12.0 Å². The Bertz CT molecular complexity index is 526. The molecule has 0 spiro atoms. The number of nitrogens with zero attached hydrogens (tertiary/aromatic N) is 3. The average Bonchev–Trinajstić information content (AvgIpc) is 2.71. The molecular weight excluding hydrogens is 274 g/mol. The normalized spacial score (nSPS) is 22.3. The van der Waals surface area contributed by atoms with Crippen molar-refractivity contribution in [3.8, 4) is 0 Å². The van der Waals surface area contributed by atoms with E-state index in [-0.39, 0.29) is 10.4 Å². The molecule has 1 aromatic heterocycles. The Hall–Kier alpha value is -0.590. The summed E-state index contributed by atoms with van der Waals surface area (Å²) in [6, 6.07) is 0. The van der Waals surface area contributed by atoms with Gasteiger partial charge in [0.15, 0.2) is 5.03 Å². The first kappa shape index (κ1) is 13.8. The van der Waals surface area contributed by atoms with Gasteiger partial charge in [-0.3, -0.25) is 0 Å². The zero-order valence-electron chi connectivity index (χ0n) is 10.6. The van der Waals surface area contributed by atoms with Gasteiger partial charge < -0.3 is 4.57 Å². The lowest BCUT2D eigenvalue weighted by Gasteiger charge is -2.28. The molecule has 18 heavy (non-hydrogen) atoms. The van der Waals surface area contributed by atoms with E-state index in [9.17, 15) is 8.42 Å². The van der Waals surface area contributed by atoms with E-state index in [0.29, 0.717) is 19.6 Å². The van der Waals surface area contributed by atoms with Gasteiger partial charge in [0.05, 0.1) is 0 Å². The highest BCUT2D eigenvalue weighted by molar-refractivity contribution is 7.89. The summed E-state index contributed by atoms with van der Waals surface area (Å²) >= 11 is 6.04. The fraction of sp³-hybridized carbons (Fsp3) is 0.727. The summed E-state index contributed by atoms with van der Waals surface area (Å²) in [7, 11) is -3.49. The predicted molar refractivity (Wildman–Crippen MR) is 70.3 cm³/mol. The Balaban J connectivity index is 2.29. The quantitative estimate of drug-likeness (QED) is 0.795. The number of aromatic nitrogens is 2. The van der Waals surface area contributed by atoms with Gasteiger partial charge in [-0.15, -0.1) is 11.6 Å². The summed E-state index contributed by atoms with van der Waals surface area (Å²) in [6.45, 7) is 5.39. The van der Waals surface area contributed by atoms with Gasteiger partial charge in [0, 0.05) is 31.2 Å². The Labute approximate surface area is 113 Å². The molecule has 0 aliphatic carbocycles. The molecule has 0 N–H and O–H groups in total. The molecule has 0 amide bonds. The molecule has 2 heterocycles. The molecule has 1 saturated heterocycles. The number of hydrogen-bond acceptors (Lipinski definition) is 3. The smallest absolute Gasteiger partial charge is 0.262 e. The lowest BCUT2D eigenvalue weighted by atomic mass is 10.2. The molecule has 0 aromatic carbocycles. The van der Waals surface area contributed by atoms with Gasteiger partial charge in [-0.25, -0.2) is 13.4 Å². The Kier molecular flexibility index (Phi) is 3.99. The molecule has 1 unspecified atom stereocenters. The molecule has 5 nitrogen and oxygen atoms in total. The first-order valence-corrected chi connectivity index (χ1v) is 8.00. The van der Waals surface area contributed by atoms with Gasteiger partial charge in [-0.2, -0.15) is 4.31 Å². The third-order valence-electron chi connectivity index (χ3n) is 3.23. The second-order valence-corrected chi connectivity index (χ2v) is 7.02. The third-order valence-corrected chi connectivity index (χ3v) is 5.32. The predicted octanol–water partition coefficient (Wildman–Crippen LogP) is 1.60. The molecular formula is C11H18ClN3O2S. The van der Waals surface area contributed by atoms with Crippen LogP contribution in [0.25, 0.3) is 0 Å². The monoisotopic (exact) mass is 291 g/mol. The summed E-state index contributed by atoms with van der Waals surface area (Å²) in [5, 5.41) is 0.0375. The van der Waals surface area contributed by atoms with E-state index in [4.69, 9.17) is 11.6 Å². The second kappa shape index (κ2) is 5.19. The van der Waals surface area contributed by atoms with Crippen molar-refractivity contribution in [3.63, 3.8) is 0 Å². The van der Waals surface area contributed by atoms with Crippen LogP contribution in [0.15, 0.2) is 11.2 Å². The molecule has 7 heteroatoms. The molecule has 2 rings (SSSR count). The van der Waals surface area contributed by atoms with E-state index in [1.54, 1.807) is 6.20 Å². The highest BCUT2D eigenvalue weighted by Crippen LogP contribution is 2.22.